The first-order chi connectivity index (χ1) is 30.0. The summed E-state index contributed by atoms with van der Waals surface area (Å²) >= 11 is 0. The summed E-state index contributed by atoms with van der Waals surface area (Å²) < 4.78 is 35.7. The van der Waals surface area contributed by atoms with Crippen LogP contribution in [-0.2, 0) is 33.3 Å². The fourth-order valence-corrected chi connectivity index (χ4v) is 12.3. The van der Waals surface area contributed by atoms with Gasteiger partial charge in [-0.3, -0.25) is 4.79 Å². The summed E-state index contributed by atoms with van der Waals surface area (Å²) in [6, 6.07) is 3.21. The Hall–Kier alpha value is -4.76. The molecule has 0 amide bonds. The summed E-state index contributed by atoms with van der Waals surface area (Å²) in [6.07, 6.45) is 2.48. The number of Topliss-reactive ketones (excluding diaryl/α,β-unsaturated/α-hetero) is 1. The van der Waals surface area contributed by atoms with Gasteiger partial charge in [-0.2, -0.15) is 0 Å². The summed E-state index contributed by atoms with van der Waals surface area (Å²) in [5.41, 5.74) is -1.22. The van der Waals surface area contributed by atoms with Crippen molar-refractivity contribution in [1.29, 1.82) is 0 Å². The third-order valence-corrected chi connectivity index (χ3v) is 15.3. The fourth-order valence-electron chi connectivity index (χ4n) is 12.3. The standard InChI is InChI=1S/C50H64O14/c1-23-13-12-14-25(3)38-27(5)18-31-33(49(38,9)42(53)37-43(54)50(64-46(37)58)21-28(6)32(44(55)56)22-48(50,8)20-23)15-24(2)16-34(31)62-47-40(52)39(51)41(29(7)61-47)63-45(57)36-26(4)17-30(59-10)19-35(36)60-11/h14-15,17,19-20,22,27-29,31,33-34,38-41,47,51-53H,12-13,16,18,21H2,1-11H3,(H,55,56)/t27-,28-,29-,31-,33-,34-,38-,39-,40+,41+,47+,48+,49+,50-/m0/s1. The first kappa shape index (κ1) is 47.2. The van der Waals surface area contributed by atoms with Crippen molar-refractivity contribution >= 4 is 23.7 Å². The molecule has 2 heterocycles. The van der Waals surface area contributed by atoms with Crippen LogP contribution in [0.2, 0.25) is 0 Å². The summed E-state index contributed by atoms with van der Waals surface area (Å²) in [5, 5.41) is 46.2. The highest BCUT2D eigenvalue weighted by atomic mass is 16.7. The van der Waals surface area contributed by atoms with Gasteiger partial charge in [0, 0.05) is 23.5 Å². The van der Waals surface area contributed by atoms with E-state index in [0.29, 0.717) is 37.0 Å². The van der Waals surface area contributed by atoms with Crippen molar-refractivity contribution < 1.29 is 68.0 Å². The molecule has 2 saturated heterocycles. The van der Waals surface area contributed by atoms with Gasteiger partial charge in [0.25, 0.3) is 0 Å². The van der Waals surface area contributed by atoms with Crippen LogP contribution in [0.4, 0.5) is 0 Å². The van der Waals surface area contributed by atoms with Crippen LogP contribution >= 0.6 is 0 Å². The summed E-state index contributed by atoms with van der Waals surface area (Å²) in [5.74, 6) is -5.12. The largest absolute Gasteiger partial charge is 0.511 e. The Balaban J connectivity index is 1.23. The number of carboxylic acids is 1. The number of allylic oxidation sites excluding steroid dienone is 5. The van der Waals surface area contributed by atoms with Gasteiger partial charge in [0.1, 0.15) is 40.6 Å². The maximum Gasteiger partial charge on any atom is 0.346 e. The van der Waals surface area contributed by atoms with E-state index in [-0.39, 0.29) is 46.8 Å². The Kier molecular flexibility index (Phi) is 12.7. The molecule has 64 heavy (non-hydrogen) atoms. The van der Waals surface area contributed by atoms with Gasteiger partial charge in [-0.15, -0.1) is 0 Å². The molecule has 4 N–H and O–H groups in total. The zero-order valence-corrected chi connectivity index (χ0v) is 38.7. The highest BCUT2D eigenvalue weighted by Gasteiger charge is 2.67. The lowest BCUT2D eigenvalue weighted by Crippen LogP contribution is -2.60. The number of carbonyl (C=O) groups excluding carboxylic acids is 3. The number of fused-ring (bicyclic) bond motifs is 4. The number of esters is 2. The minimum atomic E-state index is -1.79. The number of aliphatic hydroxyl groups excluding tert-OH is 3. The molecule has 14 heteroatoms. The van der Waals surface area contributed by atoms with Crippen molar-refractivity contribution in [3.8, 4) is 11.5 Å². The molecule has 4 aliphatic carbocycles. The molecule has 3 fully saturated rings. The molecule has 0 radical (unpaired) electrons. The zero-order valence-electron chi connectivity index (χ0n) is 38.7. The number of aryl methyl sites for hydroxylation is 1. The third kappa shape index (κ3) is 7.61. The van der Waals surface area contributed by atoms with Crippen LogP contribution in [0.15, 0.2) is 70.1 Å². The van der Waals surface area contributed by atoms with Gasteiger partial charge in [0.15, 0.2) is 18.0 Å². The Morgan fingerprint density at radius 2 is 1.64 bits per heavy atom. The summed E-state index contributed by atoms with van der Waals surface area (Å²) in [6.45, 7) is 16.6. The predicted octanol–water partition coefficient (Wildman–Crippen LogP) is 7.05. The molecule has 14 nitrogen and oxygen atoms in total. The quantitative estimate of drug-likeness (QED) is 0.123. The Morgan fingerprint density at radius 3 is 2.30 bits per heavy atom. The highest BCUT2D eigenvalue weighted by molar-refractivity contribution is 6.26. The van der Waals surface area contributed by atoms with Gasteiger partial charge in [0.2, 0.25) is 5.78 Å². The minimum absolute atomic E-state index is 0.0784. The topological polar surface area (TPSA) is 205 Å². The number of carbonyl (C=O) groups is 4. The Bertz CT molecular complexity index is 2270. The molecule has 14 atom stereocenters. The smallest absolute Gasteiger partial charge is 0.346 e. The van der Waals surface area contributed by atoms with Gasteiger partial charge < -0.3 is 48.8 Å². The molecular formula is C50H64O14. The lowest BCUT2D eigenvalue weighted by Gasteiger charge is -2.56. The number of rotatable bonds is 7. The molecule has 2 bridgehead atoms. The molecule has 0 unspecified atom stereocenters. The number of hydrogen-bond acceptors (Lipinski definition) is 13. The third-order valence-electron chi connectivity index (χ3n) is 15.3. The molecule has 1 spiro atoms. The van der Waals surface area contributed by atoms with Crippen LogP contribution in [0.5, 0.6) is 11.5 Å². The number of hydrogen-bond donors (Lipinski definition) is 4. The number of aliphatic hydroxyl groups is 3. The molecule has 6 aliphatic rings. The molecule has 348 valence electrons. The minimum Gasteiger partial charge on any atom is -0.511 e. The molecule has 7 rings (SSSR count). The zero-order chi connectivity index (χ0) is 47.0. The number of ketones is 1. The first-order valence-electron chi connectivity index (χ1n) is 22.3. The van der Waals surface area contributed by atoms with E-state index in [1.807, 2.05) is 33.8 Å². The van der Waals surface area contributed by atoms with Crippen LogP contribution in [0.3, 0.4) is 0 Å². The Labute approximate surface area is 375 Å². The molecule has 2 aliphatic heterocycles. The van der Waals surface area contributed by atoms with Crippen molar-refractivity contribution in [3.05, 3.63) is 81.2 Å². The number of carboxylic acid groups (broad SMARTS) is 1. The lowest BCUT2D eigenvalue weighted by atomic mass is 9.48. The van der Waals surface area contributed by atoms with E-state index >= 15 is 4.79 Å². The monoisotopic (exact) mass is 888 g/mol. The fraction of sp³-hybridized carbons (Fsp3) is 0.600. The predicted molar refractivity (Wildman–Crippen MR) is 233 cm³/mol. The molecular weight excluding hydrogens is 825 g/mol. The van der Waals surface area contributed by atoms with Gasteiger partial charge in [-0.25, -0.2) is 14.4 Å². The van der Waals surface area contributed by atoms with Crippen molar-refractivity contribution in [3.63, 3.8) is 0 Å². The first-order valence-corrected chi connectivity index (χ1v) is 22.3. The van der Waals surface area contributed by atoms with E-state index in [1.165, 1.54) is 14.2 Å². The van der Waals surface area contributed by atoms with Crippen LogP contribution in [0.25, 0.3) is 0 Å². The van der Waals surface area contributed by atoms with E-state index in [1.54, 1.807) is 45.9 Å². The van der Waals surface area contributed by atoms with Crippen molar-refractivity contribution in [2.75, 3.05) is 14.2 Å². The van der Waals surface area contributed by atoms with E-state index in [9.17, 15) is 34.8 Å². The second-order valence-corrected chi connectivity index (χ2v) is 19.7. The summed E-state index contributed by atoms with van der Waals surface area (Å²) in [7, 11) is 2.91. The molecule has 1 aromatic carbocycles. The molecule has 1 aromatic rings. The average Bonchev–Trinajstić information content (AvgIpc) is 3.47. The number of ether oxygens (including phenoxy) is 6. The van der Waals surface area contributed by atoms with Crippen LogP contribution in [0, 0.1) is 47.3 Å². The van der Waals surface area contributed by atoms with Crippen molar-refractivity contribution in [2.45, 2.75) is 137 Å². The van der Waals surface area contributed by atoms with Crippen LogP contribution in [0.1, 0.15) is 103 Å². The van der Waals surface area contributed by atoms with Gasteiger partial charge in [-0.05, 0) is 108 Å². The lowest BCUT2D eigenvalue weighted by molar-refractivity contribution is -0.310. The van der Waals surface area contributed by atoms with Crippen LogP contribution in [-0.4, -0.2) is 101 Å². The number of methoxy groups -OCH3 is 2. The molecule has 0 aromatic heterocycles. The van der Waals surface area contributed by atoms with Gasteiger partial charge in [0.05, 0.1) is 31.8 Å². The average molecular weight is 889 g/mol. The maximum absolute atomic E-state index is 15.2. The maximum atomic E-state index is 15.2. The van der Waals surface area contributed by atoms with E-state index in [4.69, 9.17) is 28.4 Å². The Morgan fingerprint density at radius 1 is 0.938 bits per heavy atom. The van der Waals surface area contributed by atoms with E-state index in [0.717, 1.165) is 16.7 Å². The van der Waals surface area contributed by atoms with E-state index < -0.39 is 94.3 Å². The van der Waals surface area contributed by atoms with Gasteiger partial charge in [-0.1, -0.05) is 61.8 Å². The normalized spacial score (nSPS) is 38.9. The van der Waals surface area contributed by atoms with Crippen LogP contribution < -0.4 is 9.47 Å². The highest BCUT2D eigenvalue weighted by Crippen LogP contribution is 2.62. The second-order valence-electron chi connectivity index (χ2n) is 19.7. The number of benzene rings is 1. The van der Waals surface area contributed by atoms with Crippen molar-refractivity contribution in [2.24, 2.45) is 40.4 Å². The number of aliphatic carboxylic acids is 1. The van der Waals surface area contributed by atoms with E-state index in [2.05, 4.69) is 19.1 Å². The molecule has 1 saturated carbocycles. The second kappa shape index (κ2) is 17.2. The SMILES string of the molecule is COc1cc(C)c(C(=O)O[C@H]2[C@@H](O)[C@@H](O)[C@@H](O[C@H]3CC(C)=C[C@H]4[C@@H]3C[C@H](C)[C@@H]3C(C)=CCCC(C)=C[C@]5(C)C=C(C(=O)O)[C@@H](C)C[C@@]56OC(=O)C(=C(O)[C@]43C)C6=O)O[C@H]2C)c(OC)c1. The van der Waals surface area contributed by atoms with Gasteiger partial charge >= 0.3 is 17.9 Å². The van der Waals surface area contributed by atoms with Crippen molar-refractivity contribution in [1.82, 2.24) is 0 Å². The summed E-state index contributed by atoms with van der Waals surface area (Å²) in [4.78, 5) is 55.5.